The second-order valence-corrected chi connectivity index (χ2v) is 2.02. The predicted molar refractivity (Wildman–Crippen MR) is 55.0 cm³/mol. The number of allylic oxidation sites excluding steroid dienone is 2. The molecule has 0 aromatic rings. The lowest BCUT2D eigenvalue weighted by atomic mass is 10.3. The van der Waals surface area contributed by atoms with E-state index in [4.69, 9.17) is 4.74 Å². The molecule has 0 aromatic carbocycles. The van der Waals surface area contributed by atoms with Crippen molar-refractivity contribution in [3.05, 3.63) is 36.8 Å². The quantitative estimate of drug-likeness (QED) is 0.711. The Morgan fingerprint density at radius 1 is 1.46 bits per heavy atom. The van der Waals surface area contributed by atoms with Crippen molar-refractivity contribution < 1.29 is 11.0 Å². The van der Waals surface area contributed by atoms with Crippen molar-refractivity contribution in [1.29, 1.82) is 0 Å². The molecule has 0 radical (unpaired) electrons. The first-order valence-corrected chi connectivity index (χ1v) is 4.19. The highest BCUT2D eigenvalue weighted by atomic mass is 16.5. The van der Waals surface area contributed by atoms with Crippen molar-refractivity contribution >= 4 is 5.91 Å². The summed E-state index contributed by atoms with van der Waals surface area (Å²) in [4.78, 5) is 10.7. The zero-order valence-electron chi connectivity index (χ0n) is 8.09. The number of hydrogen-bond acceptors (Lipinski definition) is 2. The Morgan fingerprint density at radius 2 is 2.08 bits per heavy atom. The van der Waals surface area contributed by atoms with Crippen LogP contribution in [0.1, 0.15) is 15.3 Å². The number of carbonyl (C=O) groups excluding carboxylic acids is 1. The highest BCUT2D eigenvalue weighted by molar-refractivity contribution is 5.81. The molecule has 0 saturated carbocycles. The molecule has 3 nitrogen and oxygen atoms in total. The second kappa shape index (κ2) is 6.06. The average Bonchev–Trinajstić information content (AvgIpc) is 2.20. The number of carbonyl (C=O) groups is 1. The van der Waals surface area contributed by atoms with E-state index in [1.54, 1.807) is 0 Å². The normalized spacial score (nSPS) is 14.8. The molecule has 13 heavy (non-hydrogen) atoms. The highest BCUT2D eigenvalue weighted by Crippen LogP contribution is 2.09. The zero-order chi connectivity index (χ0) is 10.3. The molecule has 0 aliphatic carbocycles. The molecule has 0 unspecified atom stereocenters. The van der Waals surface area contributed by atoms with E-state index in [0.717, 1.165) is 0 Å². The van der Waals surface area contributed by atoms with E-state index < -0.39 is 0 Å². The average molecular weight is 183 g/mol. The summed E-state index contributed by atoms with van der Waals surface area (Å²) in [6.45, 7) is 11.1. The summed E-state index contributed by atoms with van der Waals surface area (Å²) in [6, 6.07) is 0. The highest BCUT2D eigenvalue weighted by Gasteiger charge is 2.13. The summed E-state index contributed by atoms with van der Waals surface area (Å²) in [5, 5.41) is 2.59. The first kappa shape index (κ1) is 11.5. The van der Waals surface area contributed by atoms with Crippen molar-refractivity contribution in [1.82, 2.24) is 5.32 Å². The SMILES string of the molecule is C=CC1=C(C=C)OCC(=O)N1.CC.[HH]. The summed E-state index contributed by atoms with van der Waals surface area (Å²) in [5.74, 6) is 0.408. The Morgan fingerprint density at radius 3 is 2.54 bits per heavy atom. The van der Waals surface area contributed by atoms with E-state index in [1.165, 1.54) is 12.2 Å². The van der Waals surface area contributed by atoms with Gasteiger partial charge >= 0.3 is 0 Å². The van der Waals surface area contributed by atoms with Crippen molar-refractivity contribution in [3.8, 4) is 0 Å². The van der Waals surface area contributed by atoms with Crippen molar-refractivity contribution in [3.63, 3.8) is 0 Å². The van der Waals surface area contributed by atoms with Gasteiger partial charge in [-0.2, -0.15) is 0 Å². The lowest BCUT2D eigenvalue weighted by molar-refractivity contribution is -0.124. The number of ether oxygens (including phenoxy) is 1. The Balaban J connectivity index is 0. The van der Waals surface area contributed by atoms with Crippen molar-refractivity contribution in [2.75, 3.05) is 6.61 Å². The molecule has 1 rings (SSSR count). The molecule has 1 N–H and O–H groups in total. The molecule has 0 atom stereocenters. The van der Waals surface area contributed by atoms with Gasteiger partial charge in [0, 0.05) is 1.43 Å². The number of rotatable bonds is 2. The van der Waals surface area contributed by atoms with Crippen LogP contribution >= 0.6 is 0 Å². The molecule has 1 aliphatic rings. The molecule has 74 valence electrons. The van der Waals surface area contributed by atoms with Crippen LogP contribution in [0.15, 0.2) is 36.8 Å². The van der Waals surface area contributed by atoms with Crippen LogP contribution in [-0.4, -0.2) is 12.5 Å². The Hall–Kier alpha value is -1.51. The minimum Gasteiger partial charge on any atom is -0.482 e. The first-order chi connectivity index (χ1) is 6.27. The number of hydrogen-bond donors (Lipinski definition) is 1. The molecule has 0 saturated heterocycles. The van der Waals surface area contributed by atoms with Gasteiger partial charge in [-0.3, -0.25) is 4.79 Å². The van der Waals surface area contributed by atoms with Gasteiger partial charge in [-0.25, -0.2) is 0 Å². The van der Waals surface area contributed by atoms with Crippen molar-refractivity contribution in [2.45, 2.75) is 13.8 Å². The zero-order valence-corrected chi connectivity index (χ0v) is 8.09. The van der Waals surface area contributed by atoms with Gasteiger partial charge in [0.05, 0.1) is 5.70 Å². The Bertz CT molecular complexity index is 247. The molecule has 0 bridgehead atoms. The van der Waals surface area contributed by atoms with E-state index in [2.05, 4.69) is 18.5 Å². The summed E-state index contributed by atoms with van der Waals surface area (Å²) in [6.07, 6.45) is 3.06. The maximum absolute atomic E-state index is 10.7. The molecule has 3 heteroatoms. The van der Waals surface area contributed by atoms with Crippen LogP contribution < -0.4 is 5.32 Å². The van der Waals surface area contributed by atoms with E-state index in [9.17, 15) is 4.79 Å². The van der Waals surface area contributed by atoms with E-state index >= 15 is 0 Å². The van der Waals surface area contributed by atoms with E-state index in [1.807, 2.05) is 13.8 Å². The molecular formula is C10H17NO2. The topological polar surface area (TPSA) is 38.3 Å². The summed E-state index contributed by atoms with van der Waals surface area (Å²) < 4.78 is 5.02. The fraction of sp³-hybridized carbons (Fsp3) is 0.300. The molecule has 1 aliphatic heterocycles. The van der Waals surface area contributed by atoms with E-state index in [-0.39, 0.29) is 13.9 Å². The standard InChI is InChI=1S/C8H9NO2.C2H6.H2/c1-3-6-7(4-2)11-5-8(10)9-6;1-2;/h3-4H,1-2,5H2,(H,9,10);1-2H3;1H. The van der Waals surface area contributed by atoms with Gasteiger partial charge < -0.3 is 10.1 Å². The molecule has 0 fully saturated rings. The fourth-order valence-corrected chi connectivity index (χ4v) is 0.789. The third kappa shape index (κ3) is 3.15. The Labute approximate surface area is 80.3 Å². The maximum atomic E-state index is 10.7. The number of nitrogens with one attached hydrogen (secondary N) is 1. The van der Waals surface area contributed by atoms with Gasteiger partial charge in [0.25, 0.3) is 5.91 Å². The first-order valence-electron chi connectivity index (χ1n) is 4.19. The second-order valence-electron chi connectivity index (χ2n) is 2.02. The summed E-state index contributed by atoms with van der Waals surface area (Å²) in [7, 11) is 0. The molecule has 0 aromatic heterocycles. The van der Waals surface area contributed by atoms with Gasteiger partial charge in [-0.1, -0.05) is 27.0 Å². The van der Waals surface area contributed by atoms with Gasteiger partial charge in [0.1, 0.15) is 5.76 Å². The molecule has 1 amide bonds. The molecule has 1 heterocycles. The van der Waals surface area contributed by atoms with Gasteiger partial charge in [0.15, 0.2) is 6.61 Å². The molecular weight excluding hydrogens is 166 g/mol. The van der Waals surface area contributed by atoms with Crippen LogP contribution in [0.4, 0.5) is 0 Å². The third-order valence-electron chi connectivity index (χ3n) is 1.29. The Kier molecular flexibility index (Phi) is 5.35. The predicted octanol–water partition coefficient (Wildman–Crippen LogP) is 1.99. The van der Waals surface area contributed by atoms with Crippen LogP contribution in [0.25, 0.3) is 0 Å². The minimum absolute atomic E-state index is 0. The van der Waals surface area contributed by atoms with Gasteiger partial charge in [-0.15, -0.1) is 0 Å². The minimum atomic E-state index is -0.162. The lowest BCUT2D eigenvalue weighted by Gasteiger charge is -2.16. The maximum Gasteiger partial charge on any atom is 0.262 e. The van der Waals surface area contributed by atoms with Crippen LogP contribution in [-0.2, 0) is 9.53 Å². The third-order valence-corrected chi connectivity index (χ3v) is 1.29. The van der Waals surface area contributed by atoms with Crippen LogP contribution in [0.3, 0.4) is 0 Å². The number of amides is 1. The largest absolute Gasteiger partial charge is 0.482 e. The smallest absolute Gasteiger partial charge is 0.262 e. The summed E-state index contributed by atoms with van der Waals surface area (Å²) >= 11 is 0. The van der Waals surface area contributed by atoms with Crippen molar-refractivity contribution in [2.24, 2.45) is 0 Å². The van der Waals surface area contributed by atoms with Gasteiger partial charge in [-0.05, 0) is 12.2 Å². The van der Waals surface area contributed by atoms with Crippen LogP contribution in [0, 0.1) is 0 Å². The van der Waals surface area contributed by atoms with Gasteiger partial charge in [0.2, 0.25) is 0 Å². The summed E-state index contributed by atoms with van der Waals surface area (Å²) in [5.41, 5.74) is 0.580. The monoisotopic (exact) mass is 183 g/mol. The lowest BCUT2D eigenvalue weighted by Crippen LogP contribution is -2.31. The van der Waals surface area contributed by atoms with E-state index in [0.29, 0.717) is 11.5 Å². The fourth-order valence-electron chi connectivity index (χ4n) is 0.789. The molecule has 0 spiro atoms. The van der Waals surface area contributed by atoms with Crippen LogP contribution in [0.2, 0.25) is 0 Å². The van der Waals surface area contributed by atoms with Crippen LogP contribution in [0.5, 0.6) is 0 Å².